The molecule has 2 saturated carbocycles. The highest BCUT2D eigenvalue weighted by Crippen LogP contribution is 2.64. The lowest BCUT2D eigenvalue weighted by Crippen LogP contribution is -2.55. The molecule has 0 unspecified atom stereocenters. The van der Waals surface area contributed by atoms with Crippen molar-refractivity contribution in [3.8, 4) is 0 Å². The number of Topliss-reactive ketones (excluding diaryl/α,β-unsaturated/α-hetero) is 1. The van der Waals surface area contributed by atoms with Crippen LogP contribution in [-0.4, -0.2) is 34.5 Å². The SMILES string of the molecule is C[C@@]12C(=O)C[C@@H]3[C@H](C=CC4=CC(=O)CC[C@]43C)[C@H]1CC[C@H]2[C@@H](O)CO. The third-order valence-corrected chi connectivity index (χ3v) is 8.10. The molecule has 0 aromatic carbocycles. The summed E-state index contributed by atoms with van der Waals surface area (Å²) < 4.78 is 0. The first-order chi connectivity index (χ1) is 11.8. The average molecular weight is 344 g/mol. The molecule has 4 heteroatoms. The number of rotatable bonds is 2. The second-order valence-corrected chi connectivity index (χ2v) is 8.98. The monoisotopic (exact) mass is 344 g/mol. The summed E-state index contributed by atoms with van der Waals surface area (Å²) in [7, 11) is 0. The molecule has 2 fully saturated rings. The average Bonchev–Trinajstić information content (AvgIpc) is 2.95. The van der Waals surface area contributed by atoms with Crippen molar-refractivity contribution in [1.82, 2.24) is 0 Å². The van der Waals surface area contributed by atoms with Crippen LogP contribution < -0.4 is 0 Å². The number of hydrogen-bond donors (Lipinski definition) is 2. The number of fused-ring (bicyclic) bond motifs is 5. The van der Waals surface area contributed by atoms with Gasteiger partial charge in [0, 0.05) is 18.3 Å². The van der Waals surface area contributed by atoms with Crippen molar-refractivity contribution in [3.63, 3.8) is 0 Å². The molecule has 136 valence electrons. The molecule has 4 nitrogen and oxygen atoms in total. The quantitative estimate of drug-likeness (QED) is 0.807. The van der Waals surface area contributed by atoms with Gasteiger partial charge in [-0.3, -0.25) is 9.59 Å². The Kier molecular flexibility index (Phi) is 3.86. The van der Waals surface area contributed by atoms with Crippen LogP contribution >= 0.6 is 0 Å². The molecule has 0 aliphatic heterocycles. The number of hydrogen-bond acceptors (Lipinski definition) is 4. The first kappa shape index (κ1) is 17.2. The summed E-state index contributed by atoms with van der Waals surface area (Å²) in [6, 6.07) is 0. The fourth-order valence-electron chi connectivity index (χ4n) is 6.50. The topological polar surface area (TPSA) is 74.6 Å². The third-order valence-electron chi connectivity index (χ3n) is 8.10. The Bertz CT molecular complexity index is 677. The predicted octanol–water partition coefficient (Wildman–Crippen LogP) is 2.44. The molecular weight excluding hydrogens is 316 g/mol. The molecule has 0 radical (unpaired) electrons. The lowest BCUT2D eigenvalue weighted by molar-refractivity contribution is -0.147. The highest BCUT2D eigenvalue weighted by atomic mass is 16.3. The van der Waals surface area contributed by atoms with Crippen LogP contribution in [0.4, 0.5) is 0 Å². The van der Waals surface area contributed by atoms with Crippen molar-refractivity contribution < 1.29 is 19.8 Å². The van der Waals surface area contributed by atoms with Crippen LogP contribution in [0.5, 0.6) is 0 Å². The van der Waals surface area contributed by atoms with Crippen LogP contribution in [-0.2, 0) is 9.59 Å². The Labute approximate surface area is 149 Å². The molecule has 0 saturated heterocycles. The molecule has 0 amide bonds. The van der Waals surface area contributed by atoms with E-state index in [1.165, 1.54) is 0 Å². The summed E-state index contributed by atoms with van der Waals surface area (Å²) in [5.41, 5.74) is 0.444. The van der Waals surface area contributed by atoms with E-state index in [0.717, 1.165) is 24.8 Å². The number of allylic oxidation sites excluding steroid dienone is 4. The van der Waals surface area contributed by atoms with Crippen molar-refractivity contribution in [2.45, 2.75) is 52.1 Å². The van der Waals surface area contributed by atoms with E-state index in [9.17, 15) is 19.8 Å². The van der Waals surface area contributed by atoms with Gasteiger partial charge in [-0.2, -0.15) is 0 Å². The standard InChI is InChI=1S/C21H28O4/c1-20-8-7-13(23)9-12(20)3-4-14-15-5-6-16(18(24)11-22)21(15,2)19(25)10-17(14)20/h3-4,9,14-18,22,24H,5-8,10-11H2,1-2H3/t14-,15-,16+,17-,18+,20-,21-/m1/s1. The minimum absolute atomic E-state index is 0.0992. The zero-order chi connectivity index (χ0) is 18.0. The number of aliphatic hydroxyl groups excluding tert-OH is 2. The van der Waals surface area contributed by atoms with E-state index in [1.54, 1.807) is 6.08 Å². The Morgan fingerprint density at radius 3 is 2.72 bits per heavy atom. The van der Waals surface area contributed by atoms with Crippen LogP contribution in [0, 0.1) is 34.5 Å². The number of ketones is 2. The zero-order valence-electron chi connectivity index (χ0n) is 15.1. The van der Waals surface area contributed by atoms with E-state index in [4.69, 9.17) is 0 Å². The van der Waals surface area contributed by atoms with Gasteiger partial charge in [-0.25, -0.2) is 0 Å². The van der Waals surface area contributed by atoms with Gasteiger partial charge >= 0.3 is 0 Å². The second-order valence-electron chi connectivity index (χ2n) is 8.98. The first-order valence-corrected chi connectivity index (χ1v) is 9.58. The molecule has 4 aliphatic carbocycles. The van der Waals surface area contributed by atoms with Gasteiger partial charge in [0.25, 0.3) is 0 Å². The first-order valence-electron chi connectivity index (χ1n) is 9.58. The lowest BCUT2D eigenvalue weighted by atomic mass is 9.48. The van der Waals surface area contributed by atoms with Crippen LogP contribution in [0.1, 0.15) is 46.0 Å². The fraction of sp³-hybridized carbons (Fsp3) is 0.714. The van der Waals surface area contributed by atoms with E-state index in [1.807, 2.05) is 6.92 Å². The minimum Gasteiger partial charge on any atom is -0.394 e. The van der Waals surface area contributed by atoms with E-state index < -0.39 is 11.5 Å². The van der Waals surface area contributed by atoms with Gasteiger partial charge in [0.2, 0.25) is 0 Å². The summed E-state index contributed by atoms with van der Waals surface area (Å²) in [5, 5.41) is 19.7. The maximum Gasteiger partial charge on any atom is 0.156 e. The van der Waals surface area contributed by atoms with Gasteiger partial charge in [-0.05, 0) is 60.0 Å². The maximum atomic E-state index is 13.3. The van der Waals surface area contributed by atoms with E-state index in [2.05, 4.69) is 19.1 Å². The molecule has 0 aromatic heterocycles. The smallest absolute Gasteiger partial charge is 0.156 e. The molecule has 7 atom stereocenters. The largest absolute Gasteiger partial charge is 0.394 e. The molecule has 2 N–H and O–H groups in total. The van der Waals surface area contributed by atoms with Crippen LogP contribution in [0.3, 0.4) is 0 Å². The summed E-state index contributed by atoms with van der Waals surface area (Å²) in [6.07, 6.45) is 8.92. The third kappa shape index (κ3) is 2.20. The normalized spacial score (nSPS) is 47.0. The molecular formula is C21H28O4. The molecule has 4 rings (SSSR count). The maximum absolute atomic E-state index is 13.3. The molecule has 4 aliphatic rings. The number of aliphatic hydroxyl groups is 2. The number of carbonyl (C=O) groups is 2. The summed E-state index contributed by atoms with van der Waals surface area (Å²) in [4.78, 5) is 25.1. The Morgan fingerprint density at radius 2 is 2.00 bits per heavy atom. The summed E-state index contributed by atoms with van der Waals surface area (Å²) in [6.45, 7) is 3.95. The number of carbonyl (C=O) groups excluding carboxylic acids is 2. The van der Waals surface area contributed by atoms with Crippen molar-refractivity contribution in [2.24, 2.45) is 34.5 Å². The Balaban J connectivity index is 1.75. The van der Waals surface area contributed by atoms with Gasteiger partial charge < -0.3 is 10.2 Å². The lowest BCUT2D eigenvalue weighted by Gasteiger charge is -2.55. The van der Waals surface area contributed by atoms with E-state index >= 15 is 0 Å². The van der Waals surface area contributed by atoms with Crippen LogP contribution in [0.2, 0.25) is 0 Å². The van der Waals surface area contributed by atoms with Gasteiger partial charge in [-0.1, -0.05) is 26.0 Å². The fourth-order valence-corrected chi connectivity index (χ4v) is 6.50. The second kappa shape index (κ2) is 5.62. The molecule has 0 spiro atoms. The van der Waals surface area contributed by atoms with E-state index in [0.29, 0.717) is 18.8 Å². The van der Waals surface area contributed by atoms with E-state index in [-0.39, 0.29) is 41.3 Å². The molecule has 0 aromatic rings. The van der Waals surface area contributed by atoms with Gasteiger partial charge in [0.1, 0.15) is 5.78 Å². The van der Waals surface area contributed by atoms with Gasteiger partial charge in [-0.15, -0.1) is 0 Å². The highest BCUT2D eigenvalue weighted by molar-refractivity contribution is 5.92. The molecule has 0 heterocycles. The van der Waals surface area contributed by atoms with Crippen LogP contribution in [0.15, 0.2) is 23.8 Å². The molecule has 25 heavy (non-hydrogen) atoms. The zero-order valence-corrected chi connectivity index (χ0v) is 15.1. The highest BCUT2D eigenvalue weighted by Gasteiger charge is 2.62. The van der Waals surface area contributed by atoms with Gasteiger partial charge in [0.05, 0.1) is 12.7 Å². The minimum atomic E-state index is -0.818. The summed E-state index contributed by atoms with van der Waals surface area (Å²) >= 11 is 0. The van der Waals surface area contributed by atoms with Crippen molar-refractivity contribution in [3.05, 3.63) is 23.8 Å². The predicted molar refractivity (Wildman–Crippen MR) is 93.6 cm³/mol. The molecule has 0 bridgehead atoms. The Hall–Kier alpha value is -1.26. The van der Waals surface area contributed by atoms with Crippen molar-refractivity contribution >= 4 is 11.6 Å². The van der Waals surface area contributed by atoms with Crippen LogP contribution in [0.25, 0.3) is 0 Å². The van der Waals surface area contributed by atoms with Gasteiger partial charge in [0.15, 0.2) is 5.78 Å². The van der Waals surface area contributed by atoms with Crippen molar-refractivity contribution in [2.75, 3.05) is 6.61 Å². The Morgan fingerprint density at radius 1 is 1.24 bits per heavy atom. The summed E-state index contributed by atoms with van der Waals surface area (Å²) in [5.74, 6) is 1.05. The van der Waals surface area contributed by atoms with Crippen molar-refractivity contribution in [1.29, 1.82) is 0 Å².